The molecule has 1 aliphatic carbocycles. The minimum absolute atomic E-state index is 0.100. The summed E-state index contributed by atoms with van der Waals surface area (Å²) in [6, 6.07) is 0. The Kier molecular flexibility index (Phi) is 3.56. The van der Waals surface area contributed by atoms with Gasteiger partial charge in [-0.3, -0.25) is 0 Å². The van der Waals surface area contributed by atoms with Crippen LogP contribution in [0.2, 0.25) is 0 Å². The van der Waals surface area contributed by atoms with Gasteiger partial charge >= 0.3 is 0 Å². The fraction of sp³-hybridized carbons (Fsp3) is 0.818. The first-order valence-corrected chi connectivity index (χ1v) is 5.97. The molecule has 0 atom stereocenters. The number of aromatic nitrogens is 3. The lowest BCUT2D eigenvalue weighted by Gasteiger charge is -2.22. The summed E-state index contributed by atoms with van der Waals surface area (Å²) in [6.45, 7) is 4.00. The Bertz CT molecular complexity index is 330. The Morgan fingerprint density at radius 2 is 2.25 bits per heavy atom. The van der Waals surface area contributed by atoms with Gasteiger partial charge < -0.3 is 10.5 Å². The van der Waals surface area contributed by atoms with Crippen molar-refractivity contribution in [3.05, 3.63) is 12.2 Å². The van der Waals surface area contributed by atoms with Gasteiger partial charge in [-0.05, 0) is 19.8 Å². The van der Waals surface area contributed by atoms with Crippen LogP contribution in [0.1, 0.15) is 38.4 Å². The molecule has 0 radical (unpaired) electrons. The van der Waals surface area contributed by atoms with Gasteiger partial charge in [0.15, 0.2) is 5.82 Å². The molecule has 1 saturated carbocycles. The quantitative estimate of drug-likeness (QED) is 0.813. The number of nitrogens with zero attached hydrogens (tertiary/aromatic N) is 3. The molecule has 1 heterocycles. The number of aryl methyl sites for hydroxylation is 1. The van der Waals surface area contributed by atoms with Gasteiger partial charge in [0.1, 0.15) is 12.9 Å². The molecule has 0 aromatic carbocycles. The highest BCUT2D eigenvalue weighted by Crippen LogP contribution is 2.27. The van der Waals surface area contributed by atoms with E-state index < -0.39 is 0 Å². The van der Waals surface area contributed by atoms with Crippen LogP contribution in [-0.2, 0) is 17.9 Å². The van der Waals surface area contributed by atoms with E-state index in [4.69, 9.17) is 10.5 Å². The van der Waals surface area contributed by atoms with E-state index in [0.717, 1.165) is 25.2 Å². The van der Waals surface area contributed by atoms with Crippen molar-refractivity contribution in [2.75, 3.05) is 6.61 Å². The van der Waals surface area contributed by atoms with Crippen molar-refractivity contribution in [3.63, 3.8) is 0 Å². The van der Waals surface area contributed by atoms with Gasteiger partial charge in [0.05, 0.1) is 6.61 Å². The molecule has 0 bridgehead atoms. The van der Waals surface area contributed by atoms with Gasteiger partial charge in [-0.25, -0.2) is 9.67 Å². The molecule has 1 aromatic rings. The van der Waals surface area contributed by atoms with Crippen molar-refractivity contribution in [1.29, 1.82) is 0 Å². The van der Waals surface area contributed by atoms with Crippen molar-refractivity contribution >= 4 is 0 Å². The Labute approximate surface area is 96.0 Å². The van der Waals surface area contributed by atoms with E-state index in [-0.39, 0.29) is 5.54 Å². The average Bonchev–Trinajstić information content (AvgIpc) is 2.88. The van der Waals surface area contributed by atoms with E-state index in [2.05, 4.69) is 10.1 Å². The van der Waals surface area contributed by atoms with Crippen LogP contribution >= 0.6 is 0 Å². The monoisotopic (exact) mass is 224 g/mol. The molecule has 0 saturated heterocycles. The maximum absolute atomic E-state index is 6.20. The van der Waals surface area contributed by atoms with Crippen molar-refractivity contribution in [2.24, 2.45) is 5.73 Å². The number of nitrogens with two attached hydrogens (primary N) is 1. The zero-order valence-corrected chi connectivity index (χ0v) is 9.85. The summed E-state index contributed by atoms with van der Waals surface area (Å²) < 4.78 is 7.50. The number of hydrogen-bond acceptors (Lipinski definition) is 4. The molecule has 0 amide bonds. The third-order valence-electron chi connectivity index (χ3n) is 3.22. The zero-order valence-electron chi connectivity index (χ0n) is 9.85. The normalized spacial score (nSPS) is 19.1. The minimum Gasteiger partial charge on any atom is -0.372 e. The zero-order chi connectivity index (χ0) is 11.4. The molecule has 1 fully saturated rings. The summed E-state index contributed by atoms with van der Waals surface area (Å²) in [5, 5.41) is 4.10. The maximum atomic E-state index is 6.20. The second-order valence-corrected chi connectivity index (χ2v) is 4.55. The third kappa shape index (κ3) is 2.59. The van der Waals surface area contributed by atoms with E-state index in [1.807, 2.05) is 11.6 Å². The number of hydrogen-bond donors (Lipinski definition) is 1. The molecule has 5 heteroatoms. The van der Waals surface area contributed by atoms with Crippen LogP contribution in [0.3, 0.4) is 0 Å². The lowest BCUT2D eigenvalue weighted by atomic mass is 10.0. The van der Waals surface area contributed by atoms with Crippen molar-refractivity contribution in [3.8, 4) is 0 Å². The van der Waals surface area contributed by atoms with Crippen LogP contribution in [0, 0.1) is 0 Å². The van der Waals surface area contributed by atoms with Gasteiger partial charge in [-0.15, -0.1) is 0 Å². The summed E-state index contributed by atoms with van der Waals surface area (Å²) >= 11 is 0. The second-order valence-electron chi connectivity index (χ2n) is 4.55. The lowest BCUT2D eigenvalue weighted by Crippen LogP contribution is -2.41. The summed E-state index contributed by atoms with van der Waals surface area (Å²) in [7, 11) is 0. The molecule has 5 nitrogen and oxygen atoms in total. The predicted molar refractivity (Wildman–Crippen MR) is 60.7 cm³/mol. The standard InChI is InChI=1S/C11H20N4O/c1-2-15-10(13-9-14-15)7-16-8-11(12)5-3-4-6-11/h9H,2-8,12H2,1H3. The van der Waals surface area contributed by atoms with Crippen LogP contribution in [0.5, 0.6) is 0 Å². The van der Waals surface area contributed by atoms with E-state index in [0.29, 0.717) is 13.2 Å². The molecule has 1 aromatic heterocycles. The van der Waals surface area contributed by atoms with Gasteiger partial charge in [0.2, 0.25) is 0 Å². The third-order valence-corrected chi connectivity index (χ3v) is 3.22. The second kappa shape index (κ2) is 4.93. The number of rotatable bonds is 5. The first kappa shape index (κ1) is 11.5. The molecule has 0 spiro atoms. The highest BCUT2D eigenvalue weighted by Gasteiger charge is 2.29. The summed E-state index contributed by atoms with van der Waals surface area (Å²) in [5.41, 5.74) is 6.10. The van der Waals surface area contributed by atoms with E-state index in [9.17, 15) is 0 Å². The van der Waals surface area contributed by atoms with Crippen LogP contribution < -0.4 is 5.73 Å². The van der Waals surface area contributed by atoms with Crippen molar-refractivity contribution in [1.82, 2.24) is 14.8 Å². The smallest absolute Gasteiger partial charge is 0.152 e. The molecule has 90 valence electrons. The Morgan fingerprint density at radius 3 is 2.94 bits per heavy atom. The summed E-state index contributed by atoms with van der Waals surface area (Å²) in [4.78, 5) is 4.16. The molecular formula is C11H20N4O. The summed E-state index contributed by atoms with van der Waals surface area (Å²) in [6.07, 6.45) is 6.17. The van der Waals surface area contributed by atoms with Crippen LogP contribution in [0.4, 0.5) is 0 Å². The Morgan fingerprint density at radius 1 is 1.50 bits per heavy atom. The minimum atomic E-state index is -0.100. The van der Waals surface area contributed by atoms with Crippen LogP contribution in [0.15, 0.2) is 6.33 Å². The number of ether oxygens (including phenoxy) is 1. The van der Waals surface area contributed by atoms with E-state index in [1.165, 1.54) is 12.8 Å². The van der Waals surface area contributed by atoms with Gasteiger partial charge in [-0.1, -0.05) is 12.8 Å². The lowest BCUT2D eigenvalue weighted by molar-refractivity contribution is 0.0688. The Hall–Kier alpha value is -0.940. The molecule has 1 aliphatic rings. The van der Waals surface area contributed by atoms with E-state index >= 15 is 0 Å². The first-order valence-electron chi connectivity index (χ1n) is 5.97. The maximum Gasteiger partial charge on any atom is 0.152 e. The van der Waals surface area contributed by atoms with Crippen LogP contribution in [0.25, 0.3) is 0 Å². The molecule has 0 unspecified atom stereocenters. The highest BCUT2D eigenvalue weighted by atomic mass is 16.5. The van der Waals surface area contributed by atoms with Gasteiger partial charge in [0, 0.05) is 12.1 Å². The highest BCUT2D eigenvalue weighted by molar-refractivity contribution is 4.89. The SMILES string of the molecule is CCn1ncnc1COCC1(N)CCCC1. The van der Waals surface area contributed by atoms with Crippen molar-refractivity contribution in [2.45, 2.75) is 51.3 Å². The van der Waals surface area contributed by atoms with Crippen molar-refractivity contribution < 1.29 is 4.74 Å². The largest absolute Gasteiger partial charge is 0.372 e. The topological polar surface area (TPSA) is 66.0 Å². The molecular weight excluding hydrogens is 204 g/mol. The average molecular weight is 224 g/mol. The van der Waals surface area contributed by atoms with Gasteiger partial charge in [0.25, 0.3) is 0 Å². The fourth-order valence-corrected chi connectivity index (χ4v) is 2.23. The Balaban J connectivity index is 1.79. The summed E-state index contributed by atoms with van der Waals surface area (Å²) in [5.74, 6) is 0.879. The predicted octanol–water partition coefficient (Wildman–Crippen LogP) is 1.09. The molecule has 16 heavy (non-hydrogen) atoms. The van der Waals surface area contributed by atoms with Gasteiger partial charge in [-0.2, -0.15) is 5.10 Å². The first-order chi connectivity index (χ1) is 7.73. The molecule has 0 aliphatic heterocycles. The fourth-order valence-electron chi connectivity index (χ4n) is 2.23. The van der Waals surface area contributed by atoms with Crippen LogP contribution in [-0.4, -0.2) is 26.9 Å². The van der Waals surface area contributed by atoms with E-state index in [1.54, 1.807) is 6.33 Å². The molecule has 2 N–H and O–H groups in total. The molecule has 2 rings (SSSR count).